The van der Waals surface area contributed by atoms with E-state index in [2.05, 4.69) is 47.5 Å². The van der Waals surface area contributed by atoms with Gasteiger partial charge in [0.05, 0.1) is 18.9 Å². The number of carboxylic acids is 1. The normalized spacial score (nSPS) is 14.8. The molecule has 8 atom stereocenters. The van der Waals surface area contributed by atoms with E-state index in [1.54, 1.807) is 74.6 Å². The smallest absolute Gasteiger partial charge is 0.305 e. The van der Waals surface area contributed by atoms with Gasteiger partial charge in [-0.2, -0.15) is 0 Å². The summed E-state index contributed by atoms with van der Waals surface area (Å²) in [4.78, 5) is 149. The molecule has 1 aromatic heterocycles. The Morgan fingerprint density at radius 1 is 0.611 bits per heavy atom. The molecule has 392 valence electrons. The number of aliphatic carboxylic acids is 1. The average Bonchev–Trinajstić information content (AvgIpc) is 3.70. The molecule has 0 spiro atoms. The number of carbonyl (C=O) groups is 11. The number of benzene rings is 2. The summed E-state index contributed by atoms with van der Waals surface area (Å²) in [6.45, 7) is 10.9. The maximum absolute atomic E-state index is 14.6. The standard InChI is InChI=1S/C48H67N11O13/c1-9-24(2)37(43(69)57-38(25(3)60)44(70)59-47(5,6)45(50)71)56-42(68)34(22-36(63)64)54-39(65)31(19-27-15-11-10-12-16-27)52-40(66)32(20-28-23-51-30-18-14-13-17-29(28)30)53-41(67)33(21-35(49)62)55-46(72)48(7,8)58-26(4)61/h10-18,23-25,31-34,37-38,51,60H,9,19-22H2,1-8H3,(H2,49,62)(H2,50,71)(H,52,66)(H,53,67)(H,54,65)(H,55,72)(H,56,68)(H,57,69)(H,58,61)(H,59,70)(H,63,64)/t24-,25+,31-,32-,33-,34-,37-,38-/m0/s1. The molecule has 24 nitrogen and oxygen atoms in total. The van der Waals surface area contributed by atoms with Crippen molar-refractivity contribution in [3.05, 3.63) is 71.9 Å². The van der Waals surface area contributed by atoms with E-state index in [0.29, 0.717) is 22.0 Å². The highest BCUT2D eigenvalue weighted by molar-refractivity contribution is 6.00. The van der Waals surface area contributed by atoms with Gasteiger partial charge in [-0.25, -0.2) is 0 Å². The molecule has 0 bridgehead atoms. The van der Waals surface area contributed by atoms with E-state index in [-0.39, 0.29) is 19.3 Å². The number of hydrogen-bond donors (Lipinski definition) is 13. The van der Waals surface area contributed by atoms with Gasteiger partial charge < -0.3 is 69.2 Å². The Morgan fingerprint density at radius 3 is 1.67 bits per heavy atom. The molecule has 0 aliphatic heterocycles. The number of aliphatic hydroxyl groups is 1. The van der Waals surface area contributed by atoms with Crippen molar-refractivity contribution in [2.75, 3.05) is 0 Å². The number of aromatic amines is 1. The maximum atomic E-state index is 14.6. The zero-order valence-electron chi connectivity index (χ0n) is 41.5. The fraction of sp³-hybridized carbons (Fsp3) is 0.479. The molecular formula is C48H67N11O13. The minimum Gasteiger partial charge on any atom is -0.481 e. The number of aromatic nitrogens is 1. The highest BCUT2D eigenvalue weighted by atomic mass is 16.4. The van der Waals surface area contributed by atoms with Gasteiger partial charge in [-0.15, -0.1) is 0 Å². The lowest BCUT2D eigenvalue weighted by Gasteiger charge is -2.31. The topological polar surface area (TPSA) is 392 Å². The highest BCUT2D eigenvalue weighted by Crippen LogP contribution is 2.20. The number of carbonyl (C=O) groups excluding carboxylic acids is 10. The number of amides is 10. The average molecular weight is 1010 g/mol. The molecule has 0 saturated carbocycles. The molecule has 2 aromatic carbocycles. The van der Waals surface area contributed by atoms with Crippen molar-refractivity contribution < 1.29 is 63.0 Å². The van der Waals surface area contributed by atoms with Gasteiger partial charge in [-0.05, 0) is 57.7 Å². The van der Waals surface area contributed by atoms with Crippen molar-refractivity contribution in [1.29, 1.82) is 0 Å². The number of hydrogen-bond acceptors (Lipinski definition) is 12. The van der Waals surface area contributed by atoms with E-state index in [9.17, 15) is 63.0 Å². The number of aliphatic hydroxyl groups excluding tert-OH is 1. The van der Waals surface area contributed by atoms with Crippen molar-refractivity contribution in [3.8, 4) is 0 Å². The van der Waals surface area contributed by atoms with Gasteiger partial charge in [0.2, 0.25) is 59.1 Å². The SMILES string of the molecule is CC[C@H](C)[C@H](NC(=O)[C@H](CC(=O)O)NC(=O)[C@H](Cc1ccccc1)NC(=O)[C@H](Cc1c[nH]c2ccccc12)NC(=O)[C@H](CC(N)=O)NC(=O)C(C)(C)NC(C)=O)C(=O)N[C@H](C(=O)NC(C)(C)C(N)=O)[C@@H](C)O. The number of nitrogens with two attached hydrogens (primary N) is 2. The van der Waals surface area contributed by atoms with Crippen LogP contribution in [0.3, 0.4) is 0 Å². The number of rotatable bonds is 27. The quantitative estimate of drug-likeness (QED) is 0.0391. The third kappa shape index (κ3) is 17.2. The first-order valence-corrected chi connectivity index (χ1v) is 23.1. The van der Waals surface area contributed by atoms with E-state index in [1.165, 1.54) is 41.5 Å². The number of para-hydroxylation sites is 1. The molecule has 0 radical (unpaired) electrons. The van der Waals surface area contributed by atoms with E-state index in [1.807, 2.05) is 0 Å². The molecule has 10 amide bonds. The van der Waals surface area contributed by atoms with Crippen LogP contribution in [0.15, 0.2) is 60.8 Å². The molecular weight excluding hydrogens is 939 g/mol. The second-order valence-corrected chi connectivity index (χ2v) is 18.6. The predicted octanol–water partition coefficient (Wildman–Crippen LogP) is -2.07. The molecule has 15 N–H and O–H groups in total. The van der Waals surface area contributed by atoms with Crippen LogP contribution in [0.4, 0.5) is 0 Å². The van der Waals surface area contributed by atoms with Crippen LogP contribution >= 0.6 is 0 Å². The van der Waals surface area contributed by atoms with Gasteiger partial charge in [0, 0.05) is 36.9 Å². The van der Waals surface area contributed by atoms with Crippen molar-refractivity contribution in [2.24, 2.45) is 17.4 Å². The first-order valence-electron chi connectivity index (χ1n) is 23.1. The van der Waals surface area contributed by atoms with Gasteiger partial charge in [-0.1, -0.05) is 68.8 Å². The van der Waals surface area contributed by atoms with Crippen LogP contribution in [0.5, 0.6) is 0 Å². The van der Waals surface area contributed by atoms with Gasteiger partial charge >= 0.3 is 5.97 Å². The molecule has 0 fully saturated rings. The number of nitrogens with one attached hydrogen (secondary N) is 9. The van der Waals surface area contributed by atoms with Gasteiger partial charge in [0.15, 0.2) is 0 Å². The molecule has 24 heteroatoms. The first-order chi connectivity index (χ1) is 33.6. The summed E-state index contributed by atoms with van der Waals surface area (Å²) in [5.41, 5.74) is 9.36. The molecule has 72 heavy (non-hydrogen) atoms. The first kappa shape index (κ1) is 58.4. The van der Waals surface area contributed by atoms with Crippen LogP contribution < -0.4 is 54.0 Å². The van der Waals surface area contributed by atoms with Crippen LogP contribution in [0.1, 0.15) is 85.8 Å². The monoisotopic (exact) mass is 1010 g/mol. The van der Waals surface area contributed by atoms with Crippen LogP contribution in [0.2, 0.25) is 0 Å². The summed E-state index contributed by atoms with van der Waals surface area (Å²) in [6.07, 6.45) is -1.92. The van der Waals surface area contributed by atoms with Crippen molar-refractivity contribution in [2.45, 2.75) is 141 Å². The summed E-state index contributed by atoms with van der Waals surface area (Å²) >= 11 is 0. The number of carboxylic acid groups (broad SMARTS) is 1. The number of primary amides is 2. The summed E-state index contributed by atoms with van der Waals surface area (Å²) in [7, 11) is 0. The van der Waals surface area contributed by atoms with Crippen LogP contribution in [0, 0.1) is 5.92 Å². The minimum absolute atomic E-state index is 0.237. The van der Waals surface area contributed by atoms with Gasteiger partial charge in [-0.3, -0.25) is 52.7 Å². The molecule has 0 unspecified atom stereocenters. The van der Waals surface area contributed by atoms with Crippen molar-refractivity contribution in [3.63, 3.8) is 0 Å². The summed E-state index contributed by atoms with van der Waals surface area (Å²) in [5, 5.41) is 40.6. The Kier molecular flexibility index (Phi) is 20.9. The summed E-state index contributed by atoms with van der Waals surface area (Å²) in [6, 6.07) is 5.44. The predicted molar refractivity (Wildman–Crippen MR) is 260 cm³/mol. The summed E-state index contributed by atoms with van der Waals surface area (Å²) in [5.74, 6) is -11.8. The fourth-order valence-corrected chi connectivity index (χ4v) is 7.29. The lowest BCUT2D eigenvalue weighted by Crippen LogP contribution is -2.64. The highest BCUT2D eigenvalue weighted by Gasteiger charge is 2.39. The summed E-state index contributed by atoms with van der Waals surface area (Å²) < 4.78 is 0. The van der Waals surface area contributed by atoms with Gasteiger partial charge in [0.1, 0.15) is 47.3 Å². The molecule has 3 aromatic rings. The number of H-pyrrole nitrogens is 1. The van der Waals surface area contributed by atoms with Crippen LogP contribution in [-0.4, -0.2) is 134 Å². The largest absolute Gasteiger partial charge is 0.481 e. The lowest BCUT2D eigenvalue weighted by atomic mass is 9.96. The second kappa shape index (κ2) is 25.8. The third-order valence-electron chi connectivity index (χ3n) is 11.7. The second-order valence-electron chi connectivity index (χ2n) is 18.6. The zero-order valence-corrected chi connectivity index (χ0v) is 41.5. The Bertz CT molecular complexity index is 2490. The van der Waals surface area contributed by atoms with E-state index < -0.39 is 137 Å². The Hall–Kier alpha value is -7.89. The lowest BCUT2D eigenvalue weighted by molar-refractivity contribution is -0.142. The minimum atomic E-state index is -1.89. The molecule has 0 aliphatic carbocycles. The van der Waals surface area contributed by atoms with Crippen LogP contribution in [0.25, 0.3) is 10.9 Å². The van der Waals surface area contributed by atoms with Crippen molar-refractivity contribution in [1.82, 2.24) is 47.5 Å². The molecule has 0 saturated heterocycles. The molecule has 1 heterocycles. The Labute approximate surface area is 415 Å². The Morgan fingerprint density at radius 2 is 1.12 bits per heavy atom. The van der Waals surface area contributed by atoms with E-state index >= 15 is 0 Å². The molecule has 0 aliphatic rings. The maximum Gasteiger partial charge on any atom is 0.305 e. The number of fused-ring (bicyclic) bond motifs is 1. The Balaban J connectivity index is 2.02. The van der Waals surface area contributed by atoms with E-state index in [0.717, 1.165) is 0 Å². The van der Waals surface area contributed by atoms with Crippen LogP contribution in [-0.2, 0) is 65.6 Å². The fourth-order valence-electron chi connectivity index (χ4n) is 7.29. The third-order valence-corrected chi connectivity index (χ3v) is 11.7. The van der Waals surface area contributed by atoms with E-state index in [4.69, 9.17) is 11.5 Å². The van der Waals surface area contributed by atoms with Crippen molar-refractivity contribution >= 4 is 75.9 Å². The van der Waals surface area contributed by atoms with Gasteiger partial charge in [0.25, 0.3) is 0 Å². The zero-order chi connectivity index (χ0) is 54.2. The molecule has 3 rings (SSSR count).